The van der Waals surface area contributed by atoms with Gasteiger partial charge in [0.2, 0.25) is 0 Å². The quantitative estimate of drug-likeness (QED) is 0.797. The van der Waals surface area contributed by atoms with Crippen molar-refractivity contribution in [3.05, 3.63) is 29.3 Å². The van der Waals surface area contributed by atoms with E-state index in [0.29, 0.717) is 29.8 Å². The molecule has 22 heavy (non-hydrogen) atoms. The summed E-state index contributed by atoms with van der Waals surface area (Å²) in [4.78, 5) is 13.7. The second-order valence-electron chi connectivity index (χ2n) is 6.30. The summed E-state index contributed by atoms with van der Waals surface area (Å²) in [7, 11) is 0. The van der Waals surface area contributed by atoms with E-state index in [0.717, 1.165) is 0 Å². The van der Waals surface area contributed by atoms with Gasteiger partial charge in [0.25, 0.3) is 5.91 Å². The molecule has 2 aliphatic heterocycles. The summed E-state index contributed by atoms with van der Waals surface area (Å²) in [5.74, 6) is 0.156. The third kappa shape index (κ3) is 2.14. The Bertz CT molecular complexity index is 665. The lowest BCUT2D eigenvalue weighted by molar-refractivity contribution is -0.145. The number of aliphatic hydroxyl groups is 2. The van der Waals surface area contributed by atoms with Crippen LogP contribution in [0, 0.1) is 11.3 Å². The van der Waals surface area contributed by atoms with Crippen LogP contribution in [0.25, 0.3) is 0 Å². The van der Waals surface area contributed by atoms with Gasteiger partial charge < -0.3 is 19.8 Å². The van der Waals surface area contributed by atoms with Gasteiger partial charge in [0.05, 0.1) is 17.7 Å². The van der Waals surface area contributed by atoms with Crippen LogP contribution in [0.5, 0.6) is 5.75 Å². The highest BCUT2D eigenvalue weighted by Crippen LogP contribution is 2.44. The molecule has 1 aromatic carbocycles. The Hall–Kier alpha value is -2.10. The molecule has 2 aliphatic rings. The molecule has 1 fully saturated rings. The van der Waals surface area contributed by atoms with Gasteiger partial charge in [-0.05, 0) is 38.5 Å². The summed E-state index contributed by atoms with van der Waals surface area (Å²) < 4.78 is 5.82. The Morgan fingerprint density at radius 1 is 1.41 bits per heavy atom. The summed E-state index contributed by atoms with van der Waals surface area (Å²) in [6, 6.07) is 6.39. The van der Waals surface area contributed by atoms with Crippen LogP contribution in [-0.4, -0.2) is 45.4 Å². The topological polar surface area (TPSA) is 93.8 Å². The number of amides is 1. The highest BCUT2D eigenvalue weighted by molar-refractivity contribution is 5.83. The van der Waals surface area contributed by atoms with E-state index in [9.17, 15) is 15.0 Å². The lowest BCUT2D eigenvalue weighted by Crippen LogP contribution is -2.54. The molecule has 1 amide bonds. The Morgan fingerprint density at radius 2 is 2.14 bits per heavy atom. The van der Waals surface area contributed by atoms with E-state index in [4.69, 9.17) is 10.00 Å². The molecule has 6 nitrogen and oxygen atoms in total. The minimum Gasteiger partial charge on any atom is -0.485 e. The van der Waals surface area contributed by atoms with Crippen LogP contribution in [0.4, 0.5) is 0 Å². The van der Waals surface area contributed by atoms with E-state index >= 15 is 0 Å². The van der Waals surface area contributed by atoms with Gasteiger partial charge in [0.1, 0.15) is 23.6 Å². The second kappa shape index (κ2) is 4.97. The molecule has 0 saturated carbocycles. The first kappa shape index (κ1) is 14.8. The number of rotatable bonds is 1. The average Bonchev–Trinajstić information content (AvgIpc) is 2.80. The van der Waals surface area contributed by atoms with Gasteiger partial charge in [0.15, 0.2) is 0 Å². The third-order valence-corrected chi connectivity index (χ3v) is 4.39. The predicted molar refractivity (Wildman–Crippen MR) is 76.9 cm³/mol. The van der Waals surface area contributed by atoms with Crippen LogP contribution < -0.4 is 4.74 Å². The fraction of sp³-hybridized carbons (Fsp3) is 0.500. The summed E-state index contributed by atoms with van der Waals surface area (Å²) in [5.41, 5.74) is 0.166. The fourth-order valence-electron chi connectivity index (χ4n) is 3.14. The van der Waals surface area contributed by atoms with Crippen molar-refractivity contribution in [1.82, 2.24) is 4.90 Å². The molecule has 3 rings (SSSR count). The van der Waals surface area contributed by atoms with E-state index in [1.165, 1.54) is 4.90 Å². The minimum absolute atomic E-state index is 0.344. The van der Waals surface area contributed by atoms with Crippen molar-refractivity contribution >= 4 is 5.91 Å². The van der Waals surface area contributed by atoms with Crippen LogP contribution >= 0.6 is 0 Å². The monoisotopic (exact) mass is 302 g/mol. The van der Waals surface area contributed by atoms with Crippen molar-refractivity contribution < 1.29 is 19.7 Å². The zero-order valence-corrected chi connectivity index (χ0v) is 12.5. The molecule has 0 radical (unpaired) electrons. The smallest absolute Gasteiger partial charge is 0.252 e. The largest absolute Gasteiger partial charge is 0.485 e. The molecule has 2 N–H and O–H groups in total. The van der Waals surface area contributed by atoms with Gasteiger partial charge >= 0.3 is 0 Å². The number of ether oxygens (including phenoxy) is 1. The Labute approximate surface area is 128 Å². The Morgan fingerprint density at radius 3 is 2.73 bits per heavy atom. The number of aliphatic hydroxyl groups excluding tert-OH is 2. The maximum atomic E-state index is 12.2. The van der Waals surface area contributed by atoms with Crippen molar-refractivity contribution in [2.75, 3.05) is 6.54 Å². The summed E-state index contributed by atoms with van der Waals surface area (Å²) >= 11 is 0. The second-order valence-corrected chi connectivity index (χ2v) is 6.30. The molecule has 0 aliphatic carbocycles. The van der Waals surface area contributed by atoms with E-state index < -0.39 is 29.8 Å². The van der Waals surface area contributed by atoms with E-state index in [2.05, 4.69) is 6.07 Å². The molecular formula is C16H18N2O4. The maximum Gasteiger partial charge on any atom is 0.252 e. The molecule has 116 valence electrons. The number of benzene rings is 1. The minimum atomic E-state index is -1.03. The van der Waals surface area contributed by atoms with E-state index in [1.807, 2.05) is 0 Å². The first-order chi connectivity index (χ1) is 10.3. The first-order valence-electron chi connectivity index (χ1n) is 7.25. The lowest BCUT2D eigenvalue weighted by atomic mass is 9.85. The van der Waals surface area contributed by atoms with Crippen molar-refractivity contribution in [3.8, 4) is 11.8 Å². The van der Waals surface area contributed by atoms with Gasteiger partial charge in [-0.3, -0.25) is 4.79 Å². The molecule has 2 heterocycles. The lowest BCUT2D eigenvalue weighted by Gasteiger charge is -2.45. The SMILES string of the molecule is CC1(C)Oc2ccc(C#N)cc2[C@H](N2CC[C@@H](O)C2=O)[C@H]1O. The maximum absolute atomic E-state index is 12.2. The van der Waals surface area contributed by atoms with Gasteiger partial charge in [-0.1, -0.05) is 0 Å². The average molecular weight is 302 g/mol. The van der Waals surface area contributed by atoms with Crippen molar-refractivity contribution in [2.24, 2.45) is 0 Å². The first-order valence-corrected chi connectivity index (χ1v) is 7.25. The van der Waals surface area contributed by atoms with Crippen LogP contribution in [-0.2, 0) is 4.79 Å². The Kier molecular flexibility index (Phi) is 3.35. The summed E-state index contributed by atoms with van der Waals surface area (Å²) in [6.45, 7) is 3.87. The predicted octanol–water partition coefficient (Wildman–Crippen LogP) is 0.724. The number of hydrogen-bond donors (Lipinski definition) is 2. The van der Waals surface area contributed by atoms with Crippen LogP contribution in [0.1, 0.15) is 37.4 Å². The number of hydrogen-bond acceptors (Lipinski definition) is 5. The zero-order chi connectivity index (χ0) is 16.1. The number of carbonyl (C=O) groups excluding carboxylic acids is 1. The molecule has 3 atom stereocenters. The molecule has 0 spiro atoms. The third-order valence-electron chi connectivity index (χ3n) is 4.39. The molecule has 1 aromatic rings. The number of likely N-dealkylation sites (tertiary alicyclic amines) is 1. The highest BCUT2D eigenvalue weighted by atomic mass is 16.5. The fourth-order valence-corrected chi connectivity index (χ4v) is 3.14. The number of nitrogens with zero attached hydrogens (tertiary/aromatic N) is 2. The van der Waals surface area contributed by atoms with E-state index in [1.54, 1.807) is 32.0 Å². The molecule has 0 unspecified atom stereocenters. The summed E-state index contributed by atoms with van der Waals surface area (Å²) in [6.07, 6.45) is -1.64. The van der Waals surface area contributed by atoms with Crippen molar-refractivity contribution in [2.45, 2.75) is 44.1 Å². The number of fused-ring (bicyclic) bond motifs is 1. The van der Waals surface area contributed by atoms with Crippen molar-refractivity contribution in [1.29, 1.82) is 5.26 Å². The van der Waals surface area contributed by atoms with Crippen LogP contribution in [0.2, 0.25) is 0 Å². The molecule has 0 aromatic heterocycles. The highest BCUT2D eigenvalue weighted by Gasteiger charge is 2.49. The van der Waals surface area contributed by atoms with Gasteiger partial charge in [-0.15, -0.1) is 0 Å². The summed E-state index contributed by atoms with van der Waals surface area (Å²) in [5, 5.41) is 29.5. The number of carbonyl (C=O) groups is 1. The van der Waals surface area contributed by atoms with Crippen LogP contribution in [0.3, 0.4) is 0 Å². The zero-order valence-electron chi connectivity index (χ0n) is 12.5. The molecule has 0 bridgehead atoms. The molecular weight excluding hydrogens is 284 g/mol. The standard InChI is InChI=1S/C16H18N2O4/c1-16(2)14(20)13(18-6-5-11(19)15(18)21)10-7-9(8-17)3-4-12(10)22-16/h3-4,7,11,13-14,19-20H,5-6H2,1-2H3/t11-,13+,14-/m1/s1. The van der Waals surface area contributed by atoms with Gasteiger partial charge in [-0.2, -0.15) is 5.26 Å². The molecule has 1 saturated heterocycles. The van der Waals surface area contributed by atoms with Crippen molar-refractivity contribution in [3.63, 3.8) is 0 Å². The van der Waals surface area contributed by atoms with Gasteiger partial charge in [-0.25, -0.2) is 0 Å². The molecule has 6 heteroatoms. The van der Waals surface area contributed by atoms with E-state index in [-0.39, 0.29) is 0 Å². The van der Waals surface area contributed by atoms with Gasteiger partial charge in [0, 0.05) is 12.1 Å². The normalized spacial score (nSPS) is 29.7. The van der Waals surface area contributed by atoms with Crippen LogP contribution in [0.15, 0.2) is 18.2 Å². The number of nitriles is 1. The Balaban J connectivity index is 2.11.